The van der Waals surface area contributed by atoms with Gasteiger partial charge in [-0.25, -0.2) is 9.97 Å². The van der Waals surface area contributed by atoms with Crippen LogP contribution >= 0.6 is 11.6 Å². The van der Waals surface area contributed by atoms with Crippen LogP contribution in [0, 0.1) is 0 Å². The minimum absolute atomic E-state index is 0.217. The second-order valence-electron chi connectivity index (χ2n) is 5.59. The summed E-state index contributed by atoms with van der Waals surface area (Å²) in [5.74, 6) is 0.133. The first-order valence-electron chi connectivity index (χ1n) is 6.51. The van der Waals surface area contributed by atoms with Gasteiger partial charge in [-0.1, -0.05) is 11.6 Å². The summed E-state index contributed by atoms with van der Waals surface area (Å²) in [5, 5.41) is 6.55. The maximum Gasteiger partial charge on any atom is 0.278 e. The molecule has 0 aliphatic rings. The quantitative estimate of drug-likeness (QED) is 0.909. The Kier molecular flexibility index (Phi) is 4.43. The molecule has 5 nitrogen and oxygen atoms in total. The summed E-state index contributed by atoms with van der Waals surface area (Å²) in [7, 11) is 0. The highest BCUT2D eigenvalue weighted by Crippen LogP contribution is 2.18. The van der Waals surface area contributed by atoms with Gasteiger partial charge in [-0.2, -0.15) is 0 Å². The van der Waals surface area contributed by atoms with Crippen LogP contribution in [0.25, 0.3) is 0 Å². The van der Waals surface area contributed by atoms with Crippen molar-refractivity contribution in [3.05, 3.63) is 47.4 Å². The Bertz CT molecular complexity index is 635. The molecule has 2 aromatic rings. The van der Waals surface area contributed by atoms with E-state index in [1.54, 1.807) is 30.5 Å². The van der Waals surface area contributed by atoms with E-state index in [0.717, 1.165) is 0 Å². The first-order valence-corrected chi connectivity index (χ1v) is 6.89. The average Bonchev–Trinajstić information content (AvgIpc) is 2.40. The number of carbonyl (C=O) groups is 1. The van der Waals surface area contributed by atoms with E-state index in [-0.39, 0.29) is 17.1 Å². The lowest BCUT2D eigenvalue weighted by Crippen LogP contribution is -2.29. The molecule has 0 atom stereocenters. The number of nitrogens with zero attached hydrogens (tertiary/aromatic N) is 2. The second-order valence-corrected chi connectivity index (χ2v) is 6.03. The van der Waals surface area contributed by atoms with E-state index >= 15 is 0 Å². The molecule has 2 N–H and O–H groups in total. The van der Waals surface area contributed by atoms with Gasteiger partial charge in [0.05, 0.1) is 0 Å². The van der Waals surface area contributed by atoms with E-state index in [2.05, 4.69) is 20.6 Å². The Morgan fingerprint density at radius 1 is 1.10 bits per heavy atom. The normalized spacial score (nSPS) is 11.0. The Labute approximate surface area is 128 Å². The molecule has 0 saturated heterocycles. The Balaban J connectivity index is 2.21. The van der Waals surface area contributed by atoms with Gasteiger partial charge < -0.3 is 10.6 Å². The number of hydrogen-bond acceptors (Lipinski definition) is 4. The van der Waals surface area contributed by atoms with Crippen molar-refractivity contribution in [3.8, 4) is 0 Å². The largest absolute Gasteiger partial charge is 0.364 e. The van der Waals surface area contributed by atoms with E-state index in [1.165, 1.54) is 6.20 Å². The summed E-state index contributed by atoms with van der Waals surface area (Å²) in [6, 6.07) is 6.88. The van der Waals surface area contributed by atoms with Gasteiger partial charge in [0.1, 0.15) is 0 Å². The third-order valence-electron chi connectivity index (χ3n) is 2.51. The second kappa shape index (κ2) is 6.10. The minimum atomic E-state index is -0.322. The van der Waals surface area contributed by atoms with Gasteiger partial charge in [-0.05, 0) is 45.0 Å². The molecular formula is C15H17ClN4O. The highest BCUT2D eigenvalue weighted by molar-refractivity contribution is 6.30. The Morgan fingerprint density at radius 2 is 1.71 bits per heavy atom. The zero-order valence-electron chi connectivity index (χ0n) is 12.1. The SMILES string of the molecule is CC(C)(C)Nc1nccnc1C(=O)Nc1ccc(Cl)cc1. The number of hydrogen-bond donors (Lipinski definition) is 2. The molecule has 6 heteroatoms. The van der Waals surface area contributed by atoms with Crippen LogP contribution in [0.4, 0.5) is 11.5 Å². The molecule has 1 amide bonds. The average molecular weight is 305 g/mol. The van der Waals surface area contributed by atoms with Crippen molar-refractivity contribution in [2.24, 2.45) is 0 Å². The van der Waals surface area contributed by atoms with Crippen LogP contribution in [0.1, 0.15) is 31.3 Å². The molecule has 0 radical (unpaired) electrons. The number of halogens is 1. The fourth-order valence-electron chi connectivity index (χ4n) is 1.67. The smallest absolute Gasteiger partial charge is 0.278 e. The molecule has 110 valence electrons. The molecule has 2 rings (SSSR count). The summed E-state index contributed by atoms with van der Waals surface area (Å²) >= 11 is 5.82. The Hall–Kier alpha value is -2.14. The molecule has 0 aliphatic carbocycles. The lowest BCUT2D eigenvalue weighted by Gasteiger charge is -2.22. The van der Waals surface area contributed by atoms with Crippen LogP contribution < -0.4 is 10.6 Å². The maximum atomic E-state index is 12.3. The number of amides is 1. The number of aromatic nitrogens is 2. The highest BCUT2D eigenvalue weighted by atomic mass is 35.5. The predicted octanol–water partition coefficient (Wildman–Crippen LogP) is 3.59. The zero-order valence-corrected chi connectivity index (χ0v) is 12.9. The lowest BCUT2D eigenvalue weighted by atomic mass is 10.1. The van der Waals surface area contributed by atoms with Crippen LogP contribution in [0.15, 0.2) is 36.7 Å². The van der Waals surface area contributed by atoms with Crippen LogP contribution in [-0.2, 0) is 0 Å². The third kappa shape index (κ3) is 4.43. The van der Waals surface area contributed by atoms with E-state index in [0.29, 0.717) is 16.5 Å². The lowest BCUT2D eigenvalue weighted by molar-refractivity contribution is 0.102. The van der Waals surface area contributed by atoms with Gasteiger partial charge in [-0.3, -0.25) is 4.79 Å². The number of nitrogens with one attached hydrogen (secondary N) is 2. The molecule has 0 fully saturated rings. The summed E-state index contributed by atoms with van der Waals surface area (Å²) in [5.41, 5.74) is 0.685. The van der Waals surface area contributed by atoms with Crippen molar-refractivity contribution in [3.63, 3.8) is 0 Å². The number of anilines is 2. The third-order valence-corrected chi connectivity index (χ3v) is 2.76. The van der Waals surface area contributed by atoms with E-state index in [4.69, 9.17) is 11.6 Å². The molecular weight excluding hydrogens is 288 g/mol. The van der Waals surface area contributed by atoms with Crippen molar-refractivity contribution in [1.82, 2.24) is 9.97 Å². The van der Waals surface area contributed by atoms with Gasteiger partial charge in [0, 0.05) is 28.6 Å². The van der Waals surface area contributed by atoms with Gasteiger partial charge in [0.2, 0.25) is 0 Å². The predicted molar refractivity (Wildman–Crippen MR) is 84.8 cm³/mol. The van der Waals surface area contributed by atoms with Crippen molar-refractivity contribution in [2.75, 3.05) is 10.6 Å². The fourth-order valence-corrected chi connectivity index (χ4v) is 1.80. The summed E-state index contributed by atoms with van der Waals surface area (Å²) in [4.78, 5) is 20.6. The molecule has 0 bridgehead atoms. The van der Waals surface area contributed by atoms with Crippen LogP contribution in [0.2, 0.25) is 5.02 Å². The van der Waals surface area contributed by atoms with Crippen LogP contribution in [0.3, 0.4) is 0 Å². The van der Waals surface area contributed by atoms with Gasteiger partial charge in [0.25, 0.3) is 5.91 Å². The Morgan fingerprint density at radius 3 is 2.33 bits per heavy atom. The van der Waals surface area contributed by atoms with Gasteiger partial charge in [0.15, 0.2) is 11.5 Å². The first kappa shape index (κ1) is 15.3. The van der Waals surface area contributed by atoms with Gasteiger partial charge >= 0.3 is 0 Å². The summed E-state index contributed by atoms with van der Waals surface area (Å²) < 4.78 is 0. The van der Waals surface area contributed by atoms with Crippen LogP contribution in [0.5, 0.6) is 0 Å². The molecule has 1 heterocycles. The summed E-state index contributed by atoms with van der Waals surface area (Å²) in [6.07, 6.45) is 3.04. The minimum Gasteiger partial charge on any atom is -0.364 e. The fraction of sp³-hybridized carbons (Fsp3) is 0.267. The molecule has 0 saturated carbocycles. The first-order chi connectivity index (χ1) is 9.85. The number of carbonyl (C=O) groups excluding carboxylic acids is 1. The maximum absolute atomic E-state index is 12.3. The standard InChI is InChI=1S/C15H17ClN4O/c1-15(2,3)20-13-12(17-8-9-18-13)14(21)19-11-6-4-10(16)5-7-11/h4-9H,1-3H3,(H,18,20)(H,19,21). The number of rotatable bonds is 3. The van der Waals surface area contributed by atoms with Gasteiger partial charge in [-0.15, -0.1) is 0 Å². The molecule has 0 aliphatic heterocycles. The topological polar surface area (TPSA) is 66.9 Å². The monoisotopic (exact) mass is 304 g/mol. The molecule has 1 aromatic heterocycles. The van der Waals surface area contributed by atoms with Crippen molar-refractivity contribution >= 4 is 29.0 Å². The molecule has 1 aromatic carbocycles. The zero-order chi connectivity index (χ0) is 15.5. The number of benzene rings is 1. The van der Waals surface area contributed by atoms with Crippen LogP contribution in [-0.4, -0.2) is 21.4 Å². The van der Waals surface area contributed by atoms with Crippen molar-refractivity contribution in [2.45, 2.75) is 26.3 Å². The van der Waals surface area contributed by atoms with E-state index in [9.17, 15) is 4.79 Å². The molecule has 0 spiro atoms. The molecule has 21 heavy (non-hydrogen) atoms. The summed E-state index contributed by atoms with van der Waals surface area (Å²) in [6.45, 7) is 5.97. The van der Waals surface area contributed by atoms with Crippen molar-refractivity contribution in [1.29, 1.82) is 0 Å². The molecule has 0 unspecified atom stereocenters. The highest BCUT2D eigenvalue weighted by Gasteiger charge is 2.18. The van der Waals surface area contributed by atoms with E-state index < -0.39 is 0 Å². The van der Waals surface area contributed by atoms with Crippen molar-refractivity contribution < 1.29 is 4.79 Å². The van der Waals surface area contributed by atoms with E-state index in [1.807, 2.05) is 20.8 Å².